The molecule has 0 bridgehead atoms. The van der Waals surface area contributed by atoms with Gasteiger partial charge in [-0.2, -0.15) is 0 Å². The molecule has 82 valence electrons. The summed E-state index contributed by atoms with van der Waals surface area (Å²) in [6, 6.07) is 6.95. The van der Waals surface area contributed by atoms with Gasteiger partial charge in [-0.1, -0.05) is 12.1 Å². The van der Waals surface area contributed by atoms with Crippen molar-refractivity contribution in [2.24, 2.45) is 0 Å². The molecule has 3 rings (SSSR count). The molecule has 1 aromatic carbocycles. The lowest BCUT2D eigenvalue weighted by Gasteiger charge is -2.12. The van der Waals surface area contributed by atoms with Crippen molar-refractivity contribution >= 4 is 11.8 Å². The van der Waals surface area contributed by atoms with Crippen LogP contribution in [0.1, 0.15) is 27.1 Å². The second-order valence-electron chi connectivity index (χ2n) is 4.05. The smallest absolute Gasteiger partial charge is 0.261 e. The normalized spacial score (nSPS) is 22.5. The van der Waals surface area contributed by atoms with Crippen molar-refractivity contribution in [3.05, 3.63) is 35.4 Å². The Morgan fingerprint density at radius 3 is 2.25 bits per heavy atom. The summed E-state index contributed by atoms with van der Waals surface area (Å²) in [5.41, 5.74) is 1.04. The Labute approximate surface area is 92.8 Å². The van der Waals surface area contributed by atoms with Gasteiger partial charge in [-0.05, 0) is 18.6 Å². The van der Waals surface area contributed by atoms with Crippen LogP contribution in [0.5, 0.6) is 0 Å². The van der Waals surface area contributed by atoms with Crippen LogP contribution in [-0.2, 0) is 4.74 Å². The Morgan fingerprint density at radius 1 is 1.19 bits per heavy atom. The van der Waals surface area contributed by atoms with Crippen LogP contribution in [0, 0.1) is 0 Å². The Morgan fingerprint density at radius 2 is 1.75 bits per heavy atom. The second kappa shape index (κ2) is 3.42. The van der Waals surface area contributed by atoms with Gasteiger partial charge in [-0.15, -0.1) is 0 Å². The second-order valence-corrected chi connectivity index (χ2v) is 4.05. The predicted molar refractivity (Wildman–Crippen MR) is 56.2 cm³/mol. The van der Waals surface area contributed by atoms with Gasteiger partial charge in [0.1, 0.15) is 0 Å². The van der Waals surface area contributed by atoms with Crippen LogP contribution < -0.4 is 0 Å². The van der Waals surface area contributed by atoms with Gasteiger partial charge >= 0.3 is 0 Å². The van der Waals surface area contributed by atoms with Crippen LogP contribution in [0.4, 0.5) is 0 Å². The molecule has 0 N–H and O–H groups in total. The number of hydrogen-bond donors (Lipinski definition) is 0. The molecule has 2 aliphatic heterocycles. The van der Waals surface area contributed by atoms with Gasteiger partial charge in [0.05, 0.1) is 23.8 Å². The first-order chi connectivity index (χ1) is 7.77. The van der Waals surface area contributed by atoms with Crippen LogP contribution in [0.15, 0.2) is 24.3 Å². The maximum absolute atomic E-state index is 11.9. The molecule has 2 amide bonds. The fourth-order valence-corrected chi connectivity index (χ4v) is 1.95. The Kier molecular flexibility index (Phi) is 2.04. The number of ether oxygens (including phenoxy) is 1. The van der Waals surface area contributed by atoms with Crippen molar-refractivity contribution in [1.82, 2.24) is 4.90 Å². The summed E-state index contributed by atoms with van der Waals surface area (Å²) in [5, 5.41) is 0. The summed E-state index contributed by atoms with van der Waals surface area (Å²) < 4.78 is 5.07. The number of imide groups is 1. The number of fused-ring (bicyclic) bond motifs is 1. The molecule has 4 heteroatoms. The molecule has 1 aromatic rings. The van der Waals surface area contributed by atoms with E-state index >= 15 is 0 Å². The molecular weight excluding hydrogens is 206 g/mol. The Hall–Kier alpha value is -1.68. The third kappa shape index (κ3) is 1.42. The van der Waals surface area contributed by atoms with E-state index in [-0.39, 0.29) is 17.9 Å². The summed E-state index contributed by atoms with van der Waals surface area (Å²) in [4.78, 5) is 25.1. The van der Waals surface area contributed by atoms with Crippen molar-refractivity contribution in [3.63, 3.8) is 0 Å². The molecule has 0 radical (unpaired) electrons. The van der Waals surface area contributed by atoms with Gasteiger partial charge in [0.2, 0.25) is 0 Å². The maximum atomic E-state index is 11.9. The summed E-state index contributed by atoms with van der Waals surface area (Å²) in [6.07, 6.45) is 0.982. The van der Waals surface area contributed by atoms with E-state index in [2.05, 4.69) is 0 Å². The molecule has 1 atom stereocenters. The largest absolute Gasteiger partial charge is 0.373 e. The minimum absolute atomic E-state index is 0.179. The van der Waals surface area contributed by atoms with E-state index in [1.165, 1.54) is 4.90 Å². The van der Waals surface area contributed by atoms with Gasteiger partial charge in [0, 0.05) is 6.54 Å². The zero-order chi connectivity index (χ0) is 11.1. The van der Waals surface area contributed by atoms with Crippen LogP contribution in [0.3, 0.4) is 0 Å². The number of benzene rings is 1. The lowest BCUT2D eigenvalue weighted by molar-refractivity contribution is 0.0650. The highest BCUT2D eigenvalue weighted by Crippen LogP contribution is 2.24. The lowest BCUT2D eigenvalue weighted by Crippen LogP contribution is -2.31. The van der Waals surface area contributed by atoms with Crippen molar-refractivity contribution in [1.29, 1.82) is 0 Å². The van der Waals surface area contributed by atoms with Crippen molar-refractivity contribution < 1.29 is 14.3 Å². The van der Waals surface area contributed by atoms with E-state index in [0.717, 1.165) is 13.0 Å². The average molecular weight is 217 g/mol. The molecular formula is C12H11NO3. The highest BCUT2D eigenvalue weighted by molar-refractivity contribution is 6.21. The molecule has 0 spiro atoms. The van der Waals surface area contributed by atoms with E-state index in [9.17, 15) is 9.59 Å². The van der Waals surface area contributed by atoms with E-state index in [1.807, 2.05) is 0 Å². The summed E-state index contributed by atoms with van der Waals surface area (Å²) in [5.74, 6) is -0.359. The molecule has 2 aliphatic rings. The van der Waals surface area contributed by atoms with Gasteiger partial charge in [0.25, 0.3) is 11.8 Å². The van der Waals surface area contributed by atoms with Gasteiger partial charge in [-0.25, -0.2) is 0 Å². The SMILES string of the molecule is O=C1c2ccccc2C(=O)N1CCC1CO1. The predicted octanol–water partition coefficient (Wildman–Crippen LogP) is 1.07. The Balaban J connectivity index is 1.82. The van der Waals surface area contributed by atoms with E-state index in [4.69, 9.17) is 4.74 Å². The molecule has 0 saturated carbocycles. The first-order valence-corrected chi connectivity index (χ1v) is 5.34. The van der Waals surface area contributed by atoms with Gasteiger partial charge in [0.15, 0.2) is 0 Å². The zero-order valence-electron chi connectivity index (χ0n) is 8.68. The van der Waals surface area contributed by atoms with Crippen LogP contribution in [0.2, 0.25) is 0 Å². The van der Waals surface area contributed by atoms with Crippen molar-refractivity contribution in [2.75, 3.05) is 13.2 Å². The number of hydrogen-bond acceptors (Lipinski definition) is 3. The average Bonchev–Trinajstić information content (AvgIpc) is 3.09. The molecule has 1 unspecified atom stereocenters. The lowest BCUT2D eigenvalue weighted by atomic mass is 10.1. The molecule has 0 aliphatic carbocycles. The standard InChI is InChI=1S/C12H11NO3/c14-11-9-3-1-2-4-10(9)12(15)13(11)6-5-8-7-16-8/h1-4,8H,5-7H2. The van der Waals surface area contributed by atoms with Crippen LogP contribution in [0.25, 0.3) is 0 Å². The van der Waals surface area contributed by atoms with E-state index in [1.54, 1.807) is 24.3 Å². The summed E-state index contributed by atoms with van der Waals surface area (Å²) in [7, 11) is 0. The minimum atomic E-state index is -0.179. The highest BCUT2D eigenvalue weighted by atomic mass is 16.6. The van der Waals surface area contributed by atoms with Crippen molar-refractivity contribution in [2.45, 2.75) is 12.5 Å². The maximum Gasteiger partial charge on any atom is 0.261 e. The third-order valence-corrected chi connectivity index (χ3v) is 2.96. The zero-order valence-corrected chi connectivity index (χ0v) is 8.68. The van der Waals surface area contributed by atoms with E-state index in [0.29, 0.717) is 17.7 Å². The van der Waals surface area contributed by atoms with Crippen LogP contribution >= 0.6 is 0 Å². The number of carbonyl (C=O) groups is 2. The quantitative estimate of drug-likeness (QED) is 0.562. The molecule has 4 nitrogen and oxygen atoms in total. The molecule has 1 saturated heterocycles. The number of carbonyl (C=O) groups excluding carboxylic acids is 2. The summed E-state index contributed by atoms with van der Waals surface area (Å²) >= 11 is 0. The Bertz CT molecular complexity index is 430. The fourth-order valence-electron chi connectivity index (χ4n) is 1.95. The number of epoxide rings is 1. The summed E-state index contributed by atoms with van der Waals surface area (Å²) in [6.45, 7) is 1.21. The molecule has 0 aromatic heterocycles. The van der Waals surface area contributed by atoms with Gasteiger partial charge in [-0.3, -0.25) is 14.5 Å². The number of amides is 2. The number of rotatable bonds is 3. The third-order valence-electron chi connectivity index (χ3n) is 2.96. The number of nitrogens with zero attached hydrogens (tertiary/aromatic N) is 1. The van der Waals surface area contributed by atoms with E-state index < -0.39 is 0 Å². The first kappa shape index (κ1) is 9.54. The topological polar surface area (TPSA) is 49.9 Å². The first-order valence-electron chi connectivity index (χ1n) is 5.34. The van der Waals surface area contributed by atoms with Crippen molar-refractivity contribution in [3.8, 4) is 0 Å². The molecule has 16 heavy (non-hydrogen) atoms. The highest BCUT2D eigenvalue weighted by Gasteiger charge is 2.36. The molecule has 2 heterocycles. The molecule has 1 fully saturated rings. The van der Waals surface area contributed by atoms with Gasteiger partial charge < -0.3 is 4.74 Å². The monoisotopic (exact) mass is 217 g/mol. The fraction of sp³-hybridized carbons (Fsp3) is 0.333. The minimum Gasteiger partial charge on any atom is -0.373 e. The van der Waals surface area contributed by atoms with Crippen LogP contribution in [-0.4, -0.2) is 36.0 Å².